The molecule has 0 heterocycles. The highest BCUT2D eigenvalue weighted by Crippen LogP contribution is 2.33. The summed E-state index contributed by atoms with van der Waals surface area (Å²) in [5.74, 6) is 1.65. The lowest BCUT2D eigenvalue weighted by Gasteiger charge is -2.18. The quantitative estimate of drug-likeness (QED) is 0.876. The maximum absolute atomic E-state index is 9.98. The fourth-order valence-corrected chi connectivity index (χ4v) is 2.27. The van der Waals surface area contributed by atoms with E-state index in [1.54, 1.807) is 20.3 Å². The number of nitrogens with one attached hydrogen (secondary N) is 1. The van der Waals surface area contributed by atoms with Crippen LogP contribution in [0.3, 0.4) is 0 Å². The molecule has 4 nitrogen and oxygen atoms in total. The van der Waals surface area contributed by atoms with Crippen LogP contribution < -0.4 is 14.8 Å². The summed E-state index contributed by atoms with van der Waals surface area (Å²) in [7, 11) is 3.22. The van der Waals surface area contributed by atoms with Gasteiger partial charge >= 0.3 is 0 Å². The van der Waals surface area contributed by atoms with Crippen LogP contribution in [0.4, 0.5) is 5.69 Å². The largest absolute Gasteiger partial charge is 0.508 e. The lowest BCUT2D eigenvalue weighted by atomic mass is 10.0. The topological polar surface area (TPSA) is 50.7 Å². The van der Waals surface area contributed by atoms with Gasteiger partial charge in [-0.05, 0) is 32.0 Å². The lowest BCUT2D eigenvalue weighted by Crippen LogP contribution is -2.07. The van der Waals surface area contributed by atoms with E-state index in [1.165, 1.54) is 0 Å². The van der Waals surface area contributed by atoms with Gasteiger partial charge in [0.15, 0.2) is 11.5 Å². The van der Waals surface area contributed by atoms with Crippen LogP contribution in [-0.4, -0.2) is 19.3 Å². The first kappa shape index (κ1) is 15.0. The SMILES string of the molecule is COc1ccc(NC(C)c2cc(C)ccc2O)cc1OC. The average molecular weight is 287 g/mol. The van der Waals surface area contributed by atoms with Gasteiger partial charge in [-0.3, -0.25) is 0 Å². The third kappa shape index (κ3) is 3.40. The van der Waals surface area contributed by atoms with Crippen molar-refractivity contribution in [3.8, 4) is 17.2 Å². The Morgan fingerprint density at radius 3 is 2.38 bits per heavy atom. The molecule has 0 aromatic heterocycles. The number of aromatic hydroxyl groups is 1. The molecule has 4 heteroatoms. The van der Waals surface area contributed by atoms with Crippen LogP contribution in [0.25, 0.3) is 0 Å². The van der Waals surface area contributed by atoms with E-state index in [1.807, 2.05) is 44.2 Å². The molecule has 112 valence electrons. The molecule has 0 radical (unpaired) electrons. The minimum absolute atomic E-state index is 0.0250. The van der Waals surface area contributed by atoms with Gasteiger partial charge in [-0.25, -0.2) is 0 Å². The van der Waals surface area contributed by atoms with Crippen molar-refractivity contribution in [2.45, 2.75) is 19.9 Å². The van der Waals surface area contributed by atoms with Crippen molar-refractivity contribution in [1.29, 1.82) is 0 Å². The van der Waals surface area contributed by atoms with Crippen molar-refractivity contribution in [1.82, 2.24) is 0 Å². The minimum Gasteiger partial charge on any atom is -0.508 e. The van der Waals surface area contributed by atoms with Crippen molar-refractivity contribution < 1.29 is 14.6 Å². The Morgan fingerprint density at radius 1 is 1.00 bits per heavy atom. The average Bonchev–Trinajstić information content (AvgIpc) is 2.49. The monoisotopic (exact) mass is 287 g/mol. The summed E-state index contributed by atoms with van der Waals surface area (Å²) < 4.78 is 10.5. The van der Waals surface area contributed by atoms with E-state index in [0.717, 1.165) is 16.8 Å². The molecule has 0 saturated carbocycles. The molecular formula is C17H21NO3. The summed E-state index contributed by atoms with van der Waals surface area (Å²) in [5, 5.41) is 13.3. The predicted octanol–water partition coefficient (Wildman–Crippen LogP) is 3.89. The highest BCUT2D eigenvalue weighted by molar-refractivity contribution is 5.56. The smallest absolute Gasteiger partial charge is 0.162 e. The zero-order valence-corrected chi connectivity index (χ0v) is 12.8. The van der Waals surface area contributed by atoms with Gasteiger partial charge in [-0.2, -0.15) is 0 Å². The zero-order chi connectivity index (χ0) is 15.4. The van der Waals surface area contributed by atoms with Crippen LogP contribution in [0.2, 0.25) is 0 Å². The lowest BCUT2D eigenvalue weighted by molar-refractivity contribution is 0.355. The highest BCUT2D eigenvalue weighted by Gasteiger charge is 2.12. The molecule has 0 aliphatic rings. The summed E-state index contributed by atoms with van der Waals surface area (Å²) >= 11 is 0. The van der Waals surface area contributed by atoms with E-state index in [9.17, 15) is 5.11 Å². The molecule has 0 aliphatic carbocycles. The van der Waals surface area contributed by atoms with Gasteiger partial charge in [0, 0.05) is 17.3 Å². The maximum Gasteiger partial charge on any atom is 0.162 e. The van der Waals surface area contributed by atoms with Crippen LogP contribution >= 0.6 is 0 Å². The van der Waals surface area contributed by atoms with Gasteiger partial charge < -0.3 is 19.9 Å². The zero-order valence-electron chi connectivity index (χ0n) is 12.8. The molecule has 0 spiro atoms. The fraction of sp³-hybridized carbons (Fsp3) is 0.294. The summed E-state index contributed by atoms with van der Waals surface area (Å²) in [5.41, 5.74) is 2.88. The number of hydrogen-bond donors (Lipinski definition) is 2. The van der Waals surface area contributed by atoms with Crippen molar-refractivity contribution >= 4 is 5.69 Å². The second kappa shape index (κ2) is 6.39. The Kier molecular flexibility index (Phi) is 4.58. The molecule has 21 heavy (non-hydrogen) atoms. The Balaban J connectivity index is 2.23. The van der Waals surface area contributed by atoms with Gasteiger partial charge in [0.1, 0.15) is 5.75 Å². The van der Waals surface area contributed by atoms with Crippen molar-refractivity contribution in [3.63, 3.8) is 0 Å². The Morgan fingerprint density at radius 2 is 1.71 bits per heavy atom. The predicted molar refractivity (Wildman–Crippen MR) is 84.4 cm³/mol. The molecule has 0 bridgehead atoms. The Bertz CT molecular complexity index is 625. The number of benzene rings is 2. The number of ether oxygens (including phenoxy) is 2. The number of aryl methyl sites for hydroxylation is 1. The van der Waals surface area contributed by atoms with E-state index in [2.05, 4.69) is 5.32 Å². The van der Waals surface area contributed by atoms with Crippen LogP contribution in [0.5, 0.6) is 17.2 Å². The molecule has 0 fully saturated rings. The number of rotatable bonds is 5. The van der Waals surface area contributed by atoms with E-state index >= 15 is 0 Å². The molecule has 1 unspecified atom stereocenters. The Hall–Kier alpha value is -2.36. The molecule has 1 atom stereocenters. The third-order valence-electron chi connectivity index (χ3n) is 3.42. The van der Waals surface area contributed by atoms with Gasteiger partial charge in [-0.1, -0.05) is 17.7 Å². The molecule has 2 aromatic carbocycles. The summed E-state index contributed by atoms with van der Waals surface area (Å²) in [6.45, 7) is 4.01. The van der Waals surface area contributed by atoms with Gasteiger partial charge in [0.2, 0.25) is 0 Å². The Labute approximate surface area is 125 Å². The van der Waals surface area contributed by atoms with E-state index in [-0.39, 0.29) is 6.04 Å². The molecule has 2 rings (SSSR count). The molecule has 2 N–H and O–H groups in total. The highest BCUT2D eigenvalue weighted by atomic mass is 16.5. The van der Waals surface area contributed by atoms with Gasteiger partial charge in [0.25, 0.3) is 0 Å². The van der Waals surface area contributed by atoms with E-state index < -0.39 is 0 Å². The summed E-state index contributed by atoms with van der Waals surface area (Å²) in [6.07, 6.45) is 0. The second-order valence-corrected chi connectivity index (χ2v) is 5.00. The van der Waals surface area contributed by atoms with Crippen molar-refractivity contribution in [2.75, 3.05) is 19.5 Å². The number of phenolic OH excluding ortho intramolecular Hbond substituents is 1. The summed E-state index contributed by atoms with van der Waals surface area (Å²) in [6, 6.07) is 11.2. The van der Waals surface area contributed by atoms with Crippen molar-refractivity contribution in [3.05, 3.63) is 47.5 Å². The normalized spacial score (nSPS) is 11.8. The standard InChI is InChI=1S/C17H21NO3/c1-11-5-7-15(19)14(9-11)12(2)18-13-6-8-16(20-3)17(10-13)21-4/h5-10,12,18-19H,1-4H3. The summed E-state index contributed by atoms with van der Waals surface area (Å²) in [4.78, 5) is 0. The van der Waals surface area contributed by atoms with Crippen molar-refractivity contribution in [2.24, 2.45) is 0 Å². The molecule has 0 amide bonds. The number of anilines is 1. The molecule has 0 aliphatic heterocycles. The molecular weight excluding hydrogens is 266 g/mol. The maximum atomic E-state index is 9.98. The van der Waals surface area contributed by atoms with Gasteiger partial charge in [-0.15, -0.1) is 0 Å². The molecule has 2 aromatic rings. The van der Waals surface area contributed by atoms with E-state index in [0.29, 0.717) is 17.2 Å². The number of hydrogen-bond acceptors (Lipinski definition) is 4. The fourth-order valence-electron chi connectivity index (χ4n) is 2.27. The van der Waals surface area contributed by atoms with Crippen LogP contribution in [0, 0.1) is 6.92 Å². The van der Waals surface area contributed by atoms with Crippen LogP contribution in [0.1, 0.15) is 24.1 Å². The number of methoxy groups -OCH3 is 2. The van der Waals surface area contributed by atoms with Gasteiger partial charge in [0.05, 0.1) is 20.3 Å². The second-order valence-electron chi connectivity index (χ2n) is 5.00. The minimum atomic E-state index is -0.0250. The number of phenols is 1. The van der Waals surface area contributed by atoms with Crippen LogP contribution in [-0.2, 0) is 0 Å². The molecule has 0 saturated heterocycles. The first-order chi connectivity index (χ1) is 10.0. The first-order valence-corrected chi connectivity index (χ1v) is 6.83. The first-order valence-electron chi connectivity index (χ1n) is 6.83. The third-order valence-corrected chi connectivity index (χ3v) is 3.42. The van der Waals surface area contributed by atoms with E-state index in [4.69, 9.17) is 9.47 Å². The van der Waals surface area contributed by atoms with Crippen LogP contribution in [0.15, 0.2) is 36.4 Å².